The van der Waals surface area contributed by atoms with E-state index in [0.717, 1.165) is 0 Å². The van der Waals surface area contributed by atoms with Crippen LogP contribution in [0.2, 0.25) is 0 Å². The van der Waals surface area contributed by atoms with Crippen LogP contribution in [0.4, 0.5) is 5.82 Å². The Morgan fingerprint density at radius 3 is 2.57 bits per heavy atom. The summed E-state index contributed by atoms with van der Waals surface area (Å²) < 4.78 is 26.2. The van der Waals surface area contributed by atoms with E-state index in [4.69, 9.17) is 14.8 Å². The molecule has 0 saturated carbocycles. The van der Waals surface area contributed by atoms with Crippen molar-refractivity contribution in [3.05, 3.63) is 12.1 Å². The first-order chi connectivity index (χ1) is 10.1. The molecule has 0 aliphatic carbocycles. The van der Waals surface area contributed by atoms with E-state index in [-0.39, 0.29) is 24.5 Å². The van der Waals surface area contributed by atoms with Gasteiger partial charge in [-0.1, -0.05) is 0 Å². The van der Waals surface area contributed by atoms with Crippen LogP contribution in [0.25, 0.3) is 11.3 Å². The van der Waals surface area contributed by atoms with Crippen LogP contribution in [-0.4, -0.2) is 42.9 Å². The minimum atomic E-state index is -3.58. The zero-order valence-electron chi connectivity index (χ0n) is 11.5. The summed E-state index contributed by atoms with van der Waals surface area (Å²) in [7, 11) is -3.58. The van der Waals surface area contributed by atoms with Gasteiger partial charge in [-0.2, -0.15) is 4.52 Å². The van der Waals surface area contributed by atoms with E-state index < -0.39 is 7.60 Å². The maximum absolute atomic E-state index is 12.8. The molecule has 3 rings (SSSR count). The summed E-state index contributed by atoms with van der Waals surface area (Å²) in [5.74, 6) is 0.119. The van der Waals surface area contributed by atoms with Crippen LogP contribution in [0.15, 0.2) is 12.1 Å². The van der Waals surface area contributed by atoms with Gasteiger partial charge in [0.05, 0.1) is 13.2 Å². The average molecular weight is 311 g/mol. The average Bonchev–Trinajstić information content (AvgIpc) is 3.03. The fourth-order valence-electron chi connectivity index (χ4n) is 2.02. The van der Waals surface area contributed by atoms with Crippen molar-refractivity contribution in [1.29, 1.82) is 0 Å². The minimum absolute atomic E-state index is 0.0641. The predicted molar refractivity (Wildman–Crippen MR) is 74.4 cm³/mol. The van der Waals surface area contributed by atoms with Gasteiger partial charge in [-0.15, -0.1) is 9.73 Å². The van der Waals surface area contributed by atoms with Crippen LogP contribution < -0.4 is 11.2 Å². The summed E-state index contributed by atoms with van der Waals surface area (Å²) in [5.41, 5.74) is 7.06. The molecule has 21 heavy (non-hydrogen) atoms. The van der Waals surface area contributed by atoms with Crippen molar-refractivity contribution < 1.29 is 13.6 Å². The quantitative estimate of drug-likeness (QED) is 0.665. The van der Waals surface area contributed by atoms with E-state index in [1.165, 1.54) is 9.15 Å². The summed E-state index contributed by atoms with van der Waals surface area (Å²) in [6, 6.07) is 3.35. The third-order valence-electron chi connectivity index (χ3n) is 2.80. The molecule has 2 N–H and O–H groups in total. The number of tetrazole rings is 1. The SMILES string of the molecule is CCOP(=O)(OCC)c1nc2ccc3nnnn3n2c1N. The fraction of sp³-hybridized carbons (Fsp3) is 0.400. The van der Waals surface area contributed by atoms with Crippen LogP contribution in [0, 0.1) is 0 Å². The summed E-state index contributed by atoms with van der Waals surface area (Å²) in [4.78, 5) is 4.26. The molecule has 0 atom stereocenters. The zero-order valence-corrected chi connectivity index (χ0v) is 12.4. The van der Waals surface area contributed by atoms with Gasteiger partial charge >= 0.3 is 7.60 Å². The molecular weight excluding hydrogens is 297 g/mol. The zero-order chi connectivity index (χ0) is 15.0. The molecule has 3 aromatic rings. The van der Waals surface area contributed by atoms with Crippen LogP contribution in [0.3, 0.4) is 0 Å². The number of anilines is 1. The Balaban J connectivity index is 2.28. The van der Waals surface area contributed by atoms with Gasteiger partial charge in [0.2, 0.25) is 0 Å². The van der Waals surface area contributed by atoms with Crippen LogP contribution >= 0.6 is 7.60 Å². The van der Waals surface area contributed by atoms with E-state index >= 15 is 0 Å². The summed E-state index contributed by atoms with van der Waals surface area (Å²) in [6.45, 7) is 3.87. The third-order valence-corrected chi connectivity index (χ3v) is 4.84. The Morgan fingerprint density at radius 1 is 1.24 bits per heavy atom. The van der Waals surface area contributed by atoms with Gasteiger partial charge in [-0.05, 0) is 36.4 Å². The van der Waals surface area contributed by atoms with Crippen LogP contribution in [0.1, 0.15) is 13.8 Å². The highest BCUT2D eigenvalue weighted by Crippen LogP contribution is 2.47. The third kappa shape index (κ3) is 2.08. The van der Waals surface area contributed by atoms with E-state index in [2.05, 4.69) is 20.5 Å². The van der Waals surface area contributed by atoms with E-state index in [0.29, 0.717) is 11.3 Å². The number of nitrogens with zero attached hydrogens (tertiary/aromatic N) is 6. The Kier molecular flexibility index (Phi) is 3.36. The molecule has 0 unspecified atom stereocenters. The maximum Gasteiger partial charge on any atom is 0.383 e. The lowest BCUT2D eigenvalue weighted by atomic mass is 10.5. The van der Waals surface area contributed by atoms with Crippen molar-refractivity contribution in [2.45, 2.75) is 13.8 Å². The maximum atomic E-state index is 12.8. The summed E-state index contributed by atoms with van der Waals surface area (Å²) in [5, 5.41) is 11.2. The van der Waals surface area contributed by atoms with E-state index in [1.807, 2.05) is 0 Å². The van der Waals surface area contributed by atoms with Crippen molar-refractivity contribution in [3.8, 4) is 0 Å². The highest BCUT2D eigenvalue weighted by molar-refractivity contribution is 7.62. The van der Waals surface area contributed by atoms with Crippen molar-refractivity contribution >= 4 is 30.1 Å². The van der Waals surface area contributed by atoms with Gasteiger partial charge in [0.25, 0.3) is 0 Å². The molecule has 11 heteroatoms. The predicted octanol–water partition coefficient (Wildman–Crippen LogP) is 0.246. The van der Waals surface area contributed by atoms with Crippen LogP contribution in [-0.2, 0) is 13.6 Å². The fourth-order valence-corrected chi connectivity index (χ4v) is 3.62. The molecule has 0 aliphatic rings. The smallest absolute Gasteiger partial charge is 0.381 e. The monoisotopic (exact) mass is 311 g/mol. The minimum Gasteiger partial charge on any atom is -0.381 e. The number of hydrogen-bond acceptors (Lipinski definition) is 8. The molecule has 10 nitrogen and oxygen atoms in total. The molecule has 0 radical (unpaired) electrons. The lowest BCUT2D eigenvalue weighted by Gasteiger charge is -2.14. The molecule has 0 amide bonds. The lowest BCUT2D eigenvalue weighted by Crippen LogP contribution is -2.17. The van der Waals surface area contributed by atoms with Gasteiger partial charge in [-0.25, -0.2) is 4.98 Å². The summed E-state index contributed by atoms with van der Waals surface area (Å²) in [6.07, 6.45) is 0. The second-order valence-corrected chi connectivity index (χ2v) is 6.02. The standard InChI is InChI=1S/C10H14N7O3P/c1-3-19-21(18,20-4-2)10-9(11)16-7(12-10)5-6-8-13-14-15-17(8)16/h5-6H,3-4,11H2,1-2H3. The Labute approximate surface area is 119 Å². The molecular formula is C10H14N7O3P. The topological polar surface area (TPSA) is 122 Å². The Bertz CT molecular complexity index is 832. The Hall–Kier alpha value is -2.03. The number of aromatic nitrogens is 6. The molecule has 0 aromatic carbocycles. The normalized spacial score (nSPS) is 12.5. The van der Waals surface area contributed by atoms with Crippen molar-refractivity contribution in [1.82, 2.24) is 29.7 Å². The first-order valence-corrected chi connectivity index (χ1v) is 7.90. The number of imidazole rings is 1. The Morgan fingerprint density at radius 2 is 1.90 bits per heavy atom. The lowest BCUT2D eigenvalue weighted by molar-refractivity contribution is 0.229. The molecule has 112 valence electrons. The number of hydrogen-bond donors (Lipinski definition) is 1. The highest BCUT2D eigenvalue weighted by Gasteiger charge is 2.34. The van der Waals surface area contributed by atoms with Gasteiger partial charge in [-0.3, -0.25) is 4.57 Å². The molecule has 3 aromatic heterocycles. The van der Waals surface area contributed by atoms with Crippen LogP contribution in [0.5, 0.6) is 0 Å². The summed E-state index contributed by atoms with van der Waals surface area (Å²) >= 11 is 0. The molecule has 3 heterocycles. The first kappa shape index (κ1) is 13.9. The van der Waals surface area contributed by atoms with Gasteiger partial charge < -0.3 is 14.8 Å². The number of fused-ring (bicyclic) bond motifs is 3. The second kappa shape index (κ2) is 5.06. The van der Waals surface area contributed by atoms with Crippen molar-refractivity contribution in [2.75, 3.05) is 18.9 Å². The highest BCUT2D eigenvalue weighted by atomic mass is 31.2. The largest absolute Gasteiger partial charge is 0.383 e. The molecule has 0 saturated heterocycles. The van der Waals surface area contributed by atoms with Gasteiger partial charge in [0, 0.05) is 0 Å². The number of nitrogen functional groups attached to an aromatic ring is 1. The second-order valence-electron chi connectivity index (χ2n) is 4.08. The molecule has 0 aliphatic heterocycles. The number of rotatable bonds is 5. The number of nitrogens with two attached hydrogens (primary N) is 1. The van der Waals surface area contributed by atoms with Crippen molar-refractivity contribution in [3.63, 3.8) is 0 Å². The van der Waals surface area contributed by atoms with Crippen molar-refractivity contribution in [2.24, 2.45) is 0 Å². The molecule has 0 spiro atoms. The molecule has 0 bridgehead atoms. The van der Waals surface area contributed by atoms with E-state index in [1.54, 1.807) is 26.0 Å². The first-order valence-electron chi connectivity index (χ1n) is 6.35. The molecule has 0 fully saturated rings. The van der Waals surface area contributed by atoms with Gasteiger partial charge in [0.15, 0.2) is 22.5 Å². The van der Waals surface area contributed by atoms with Gasteiger partial charge in [0.1, 0.15) is 0 Å². The van der Waals surface area contributed by atoms with E-state index in [9.17, 15) is 4.57 Å².